The standard InChI is InChI=1S/C21H22N4O/c1-15-11-16(2)25(23-15)18-9-10-24(13-18)14-19-7-8-21(26-19)20-6-4-3-5-17(20)12-22/h3-8,11,18H,9-10,13-14H2,1-2H3. The average molecular weight is 346 g/mol. The molecule has 0 bridgehead atoms. The summed E-state index contributed by atoms with van der Waals surface area (Å²) in [7, 11) is 0. The molecule has 1 unspecified atom stereocenters. The molecule has 3 heterocycles. The van der Waals surface area contributed by atoms with Gasteiger partial charge in [0.05, 0.1) is 29.9 Å². The van der Waals surface area contributed by atoms with Gasteiger partial charge in [-0.1, -0.05) is 12.1 Å². The fraction of sp³-hybridized carbons (Fsp3) is 0.333. The average Bonchev–Trinajstić information content (AvgIpc) is 3.36. The molecular formula is C21H22N4O. The van der Waals surface area contributed by atoms with E-state index in [1.54, 1.807) is 0 Å². The van der Waals surface area contributed by atoms with Crippen molar-refractivity contribution >= 4 is 0 Å². The Morgan fingerprint density at radius 2 is 2.08 bits per heavy atom. The second-order valence-corrected chi connectivity index (χ2v) is 6.97. The highest BCUT2D eigenvalue weighted by Crippen LogP contribution is 2.28. The number of aromatic nitrogens is 2. The Labute approximate surface area is 153 Å². The number of nitrogens with zero attached hydrogens (tertiary/aromatic N) is 4. The van der Waals surface area contributed by atoms with Crippen LogP contribution in [0.2, 0.25) is 0 Å². The molecule has 0 aliphatic carbocycles. The van der Waals surface area contributed by atoms with E-state index in [1.165, 1.54) is 5.69 Å². The van der Waals surface area contributed by atoms with Crippen LogP contribution in [0.25, 0.3) is 11.3 Å². The minimum absolute atomic E-state index is 0.428. The molecule has 1 saturated heterocycles. The molecular weight excluding hydrogens is 324 g/mol. The highest BCUT2D eigenvalue weighted by molar-refractivity contribution is 5.66. The van der Waals surface area contributed by atoms with Crippen LogP contribution in [0.4, 0.5) is 0 Å². The molecule has 1 atom stereocenters. The van der Waals surface area contributed by atoms with Crippen molar-refractivity contribution in [1.82, 2.24) is 14.7 Å². The minimum atomic E-state index is 0.428. The van der Waals surface area contributed by atoms with E-state index < -0.39 is 0 Å². The Morgan fingerprint density at radius 1 is 1.23 bits per heavy atom. The number of furan rings is 1. The molecule has 2 aromatic heterocycles. The first kappa shape index (κ1) is 16.6. The van der Waals surface area contributed by atoms with Crippen LogP contribution in [0.15, 0.2) is 46.9 Å². The van der Waals surface area contributed by atoms with E-state index in [0.29, 0.717) is 11.6 Å². The quantitative estimate of drug-likeness (QED) is 0.714. The molecule has 1 fully saturated rings. The van der Waals surface area contributed by atoms with Gasteiger partial charge in [0.25, 0.3) is 0 Å². The number of hydrogen-bond donors (Lipinski definition) is 0. The molecule has 26 heavy (non-hydrogen) atoms. The van der Waals surface area contributed by atoms with Gasteiger partial charge in [0.15, 0.2) is 0 Å². The van der Waals surface area contributed by atoms with E-state index in [2.05, 4.69) is 33.7 Å². The summed E-state index contributed by atoms with van der Waals surface area (Å²) in [6.07, 6.45) is 1.10. The highest BCUT2D eigenvalue weighted by Gasteiger charge is 2.26. The van der Waals surface area contributed by atoms with Crippen molar-refractivity contribution in [3.8, 4) is 17.4 Å². The van der Waals surface area contributed by atoms with Crippen LogP contribution in [0.5, 0.6) is 0 Å². The van der Waals surface area contributed by atoms with Crippen molar-refractivity contribution in [2.45, 2.75) is 32.9 Å². The third kappa shape index (κ3) is 3.16. The Morgan fingerprint density at radius 3 is 2.85 bits per heavy atom. The van der Waals surface area contributed by atoms with Gasteiger partial charge in [0, 0.05) is 24.3 Å². The normalized spacial score (nSPS) is 17.5. The molecule has 1 aliphatic heterocycles. The molecule has 4 rings (SSSR count). The van der Waals surface area contributed by atoms with Gasteiger partial charge < -0.3 is 4.42 Å². The van der Waals surface area contributed by atoms with Crippen LogP contribution >= 0.6 is 0 Å². The van der Waals surface area contributed by atoms with Gasteiger partial charge in [-0.05, 0) is 50.6 Å². The summed E-state index contributed by atoms with van der Waals surface area (Å²) >= 11 is 0. The van der Waals surface area contributed by atoms with Crippen LogP contribution in [-0.4, -0.2) is 27.8 Å². The Kier molecular flexibility index (Phi) is 4.36. The first-order valence-electron chi connectivity index (χ1n) is 8.97. The summed E-state index contributed by atoms with van der Waals surface area (Å²) in [6.45, 7) is 6.96. The van der Waals surface area contributed by atoms with Crippen molar-refractivity contribution in [2.75, 3.05) is 13.1 Å². The lowest BCUT2D eigenvalue weighted by Crippen LogP contribution is -2.21. The molecule has 1 aliphatic rings. The Balaban J connectivity index is 1.45. The van der Waals surface area contributed by atoms with Crippen molar-refractivity contribution in [2.24, 2.45) is 0 Å². The fourth-order valence-electron chi connectivity index (χ4n) is 3.79. The predicted molar refractivity (Wildman–Crippen MR) is 99.5 cm³/mol. The van der Waals surface area contributed by atoms with E-state index in [4.69, 9.17) is 4.42 Å². The summed E-state index contributed by atoms with van der Waals surface area (Å²) < 4.78 is 8.19. The molecule has 0 saturated carbocycles. The third-order valence-electron chi connectivity index (χ3n) is 4.99. The maximum Gasteiger partial charge on any atom is 0.135 e. The smallest absolute Gasteiger partial charge is 0.135 e. The molecule has 0 spiro atoms. The largest absolute Gasteiger partial charge is 0.460 e. The van der Waals surface area contributed by atoms with E-state index in [0.717, 1.165) is 48.8 Å². The number of hydrogen-bond acceptors (Lipinski definition) is 4. The second kappa shape index (κ2) is 6.81. The summed E-state index contributed by atoms with van der Waals surface area (Å²) in [5.41, 5.74) is 3.79. The van der Waals surface area contributed by atoms with E-state index in [1.807, 2.05) is 43.3 Å². The van der Waals surface area contributed by atoms with Gasteiger partial charge in [0.2, 0.25) is 0 Å². The first-order chi connectivity index (χ1) is 12.6. The maximum atomic E-state index is 9.27. The van der Waals surface area contributed by atoms with Crippen molar-refractivity contribution in [3.63, 3.8) is 0 Å². The molecule has 0 N–H and O–H groups in total. The van der Waals surface area contributed by atoms with Gasteiger partial charge in [-0.25, -0.2) is 0 Å². The lowest BCUT2D eigenvalue weighted by molar-refractivity contribution is 0.284. The van der Waals surface area contributed by atoms with Gasteiger partial charge in [-0.15, -0.1) is 0 Å². The van der Waals surface area contributed by atoms with Crippen LogP contribution < -0.4 is 0 Å². The Hall–Kier alpha value is -2.84. The summed E-state index contributed by atoms with van der Waals surface area (Å²) in [5, 5.41) is 13.9. The molecule has 0 amide bonds. The number of benzene rings is 1. The zero-order chi connectivity index (χ0) is 18.1. The summed E-state index contributed by atoms with van der Waals surface area (Å²) in [4.78, 5) is 2.40. The molecule has 5 nitrogen and oxygen atoms in total. The van der Waals surface area contributed by atoms with E-state index >= 15 is 0 Å². The zero-order valence-electron chi connectivity index (χ0n) is 15.1. The third-order valence-corrected chi connectivity index (χ3v) is 4.99. The van der Waals surface area contributed by atoms with Crippen molar-refractivity contribution in [3.05, 3.63) is 65.2 Å². The summed E-state index contributed by atoms with van der Waals surface area (Å²) in [6, 6.07) is 16.3. The highest BCUT2D eigenvalue weighted by atomic mass is 16.3. The second-order valence-electron chi connectivity index (χ2n) is 6.97. The van der Waals surface area contributed by atoms with Crippen LogP contribution in [0.3, 0.4) is 0 Å². The van der Waals surface area contributed by atoms with Gasteiger partial charge in [0.1, 0.15) is 11.5 Å². The van der Waals surface area contributed by atoms with Crippen molar-refractivity contribution < 1.29 is 4.42 Å². The number of likely N-dealkylation sites (tertiary alicyclic amines) is 1. The number of nitriles is 1. The topological polar surface area (TPSA) is 58.0 Å². The molecule has 132 valence electrons. The molecule has 5 heteroatoms. The van der Waals surface area contributed by atoms with Crippen LogP contribution in [-0.2, 0) is 6.54 Å². The van der Waals surface area contributed by atoms with Crippen molar-refractivity contribution in [1.29, 1.82) is 5.26 Å². The number of rotatable bonds is 4. The van der Waals surface area contributed by atoms with E-state index in [-0.39, 0.29) is 0 Å². The lowest BCUT2D eigenvalue weighted by Gasteiger charge is -2.16. The first-order valence-corrected chi connectivity index (χ1v) is 8.97. The predicted octanol–water partition coefficient (Wildman–Crippen LogP) is 4.08. The van der Waals surface area contributed by atoms with Gasteiger partial charge in [-0.2, -0.15) is 10.4 Å². The van der Waals surface area contributed by atoms with Gasteiger partial charge >= 0.3 is 0 Å². The molecule has 3 aromatic rings. The van der Waals surface area contributed by atoms with Gasteiger partial charge in [-0.3, -0.25) is 9.58 Å². The summed E-state index contributed by atoms with van der Waals surface area (Å²) in [5.74, 6) is 1.69. The molecule has 1 aromatic carbocycles. The lowest BCUT2D eigenvalue weighted by atomic mass is 10.1. The van der Waals surface area contributed by atoms with Crippen LogP contribution in [0.1, 0.15) is 35.2 Å². The molecule has 0 radical (unpaired) electrons. The number of aryl methyl sites for hydroxylation is 2. The SMILES string of the molecule is Cc1cc(C)n(C2CCN(Cc3ccc(-c4ccccc4C#N)o3)C2)n1. The minimum Gasteiger partial charge on any atom is -0.460 e. The van der Waals surface area contributed by atoms with Crippen LogP contribution in [0, 0.1) is 25.2 Å². The maximum absolute atomic E-state index is 9.27. The van der Waals surface area contributed by atoms with E-state index in [9.17, 15) is 5.26 Å². The fourth-order valence-corrected chi connectivity index (χ4v) is 3.79. The Bertz CT molecular complexity index is 963. The monoisotopic (exact) mass is 346 g/mol. The zero-order valence-corrected chi connectivity index (χ0v) is 15.1.